The predicted molar refractivity (Wildman–Crippen MR) is 145 cm³/mol. The van der Waals surface area contributed by atoms with Crippen molar-refractivity contribution in [1.29, 1.82) is 0 Å². The van der Waals surface area contributed by atoms with Crippen molar-refractivity contribution in [2.75, 3.05) is 19.7 Å². The number of rotatable bonds is 10. The van der Waals surface area contributed by atoms with Gasteiger partial charge in [0.25, 0.3) is 0 Å². The summed E-state index contributed by atoms with van der Waals surface area (Å²) >= 11 is 0. The van der Waals surface area contributed by atoms with Crippen LogP contribution in [-0.2, 0) is 35.6 Å². The molecule has 2 N–H and O–H groups in total. The molecule has 2 heterocycles. The van der Waals surface area contributed by atoms with Gasteiger partial charge in [-0.05, 0) is 54.3 Å². The van der Waals surface area contributed by atoms with Gasteiger partial charge >= 0.3 is 5.97 Å². The van der Waals surface area contributed by atoms with Crippen molar-refractivity contribution in [3.8, 4) is 16.9 Å². The van der Waals surface area contributed by atoms with Crippen molar-refractivity contribution >= 4 is 16.9 Å². The summed E-state index contributed by atoms with van der Waals surface area (Å²) < 4.78 is 31.3. The van der Waals surface area contributed by atoms with Gasteiger partial charge in [-0.25, -0.2) is 4.39 Å². The van der Waals surface area contributed by atoms with Gasteiger partial charge in [-0.3, -0.25) is 9.69 Å². The number of hydrogen-bond donors (Lipinski definition) is 1. The van der Waals surface area contributed by atoms with Gasteiger partial charge in [0, 0.05) is 48.3 Å². The zero-order valence-electron chi connectivity index (χ0n) is 21.6. The summed E-state index contributed by atoms with van der Waals surface area (Å²) in [4.78, 5) is 14.2. The molecule has 0 unspecified atom stereocenters. The Hall–Kier alpha value is -3.68. The molecule has 1 fully saturated rings. The van der Waals surface area contributed by atoms with E-state index in [1.807, 2.05) is 36.4 Å². The van der Waals surface area contributed by atoms with Crippen molar-refractivity contribution in [3.05, 3.63) is 89.2 Å². The number of esters is 1. The number of carbonyl (C=O) groups excluding carboxylic acids is 1. The molecular weight excluding hydrogens is 483 g/mol. The third-order valence-electron chi connectivity index (χ3n) is 6.93. The standard InChI is InChI=1S/C31H33FN2O4/c1-2-36-30(35)15-23-7-3-4-9-29(23)37-19-26-20-38-31-25(17-34-11-10-27(32)18-34)13-24(14-28(26)31)22-8-5-6-21(12-22)16-33/h3-9,12-14,20,27H,2,10-11,15-19,33H2,1H3/t27-/m0/s1. The molecule has 0 saturated carbocycles. The molecule has 0 bridgehead atoms. The quantitative estimate of drug-likeness (QED) is 0.269. The number of furan rings is 1. The molecule has 0 aliphatic carbocycles. The monoisotopic (exact) mass is 516 g/mol. The van der Waals surface area contributed by atoms with E-state index in [-0.39, 0.29) is 19.0 Å². The molecule has 198 valence electrons. The van der Waals surface area contributed by atoms with Crippen molar-refractivity contribution in [2.45, 2.75) is 45.6 Å². The fraction of sp³-hybridized carbons (Fsp3) is 0.323. The van der Waals surface area contributed by atoms with Gasteiger partial charge < -0.3 is 19.6 Å². The minimum atomic E-state index is -0.787. The average Bonchev–Trinajstić information content (AvgIpc) is 3.54. The lowest BCUT2D eigenvalue weighted by Gasteiger charge is -2.16. The first kappa shape index (κ1) is 25.9. The first-order valence-corrected chi connectivity index (χ1v) is 13.1. The van der Waals surface area contributed by atoms with E-state index in [1.54, 1.807) is 13.2 Å². The van der Waals surface area contributed by atoms with E-state index in [0.29, 0.717) is 38.4 Å². The number of para-hydroxylation sites is 1. The minimum absolute atomic E-state index is 0.146. The smallest absolute Gasteiger partial charge is 0.310 e. The Labute approximate surface area is 222 Å². The molecule has 3 aromatic carbocycles. The van der Waals surface area contributed by atoms with E-state index in [4.69, 9.17) is 19.6 Å². The van der Waals surface area contributed by atoms with E-state index in [9.17, 15) is 9.18 Å². The first-order valence-electron chi connectivity index (χ1n) is 13.1. The van der Waals surface area contributed by atoms with E-state index >= 15 is 0 Å². The number of alkyl halides is 1. The Balaban J connectivity index is 1.47. The lowest BCUT2D eigenvalue weighted by Crippen LogP contribution is -2.20. The summed E-state index contributed by atoms with van der Waals surface area (Å²) in [6.07, 6.45) is 1.64. The summed E-state index contributed by atoms with van der Waals surface area (Å²) in [5, 5.41) is 0.953. The zero-order chi connectivity index (χ0) is 26.5. The van der Waals surface area contributed by atoms with Crippen LogP contribution >= 0.6 is 0 Å². The Kier molecular flexibility index (Phi) is 8.05. The fourth-order valence-corrected chi connectivity index (χ4v) is 5.02. The third-order valence-corrected chi connectivity index (χ3v) is 6.93. The molecule has 7 heteroatoms. The Morgan fingerprint density at radius 3 is 2.74 bits per heavy atom. The second-order valence-corrected chi connectivity index (χ2v) is 9.68. The van der Waals surface area contributed by atoms with Crippen molar-refractivity contribution in [2.24, 2.45) is 5.73 Å². The minimum Gasteiger partial charge on any atom is -0.488 e. The molecule has 1 aliphatic heterocycles. The van der Waals surface area contributed by atoms with Crippen LogP contribution in [0.1, 0.15) is 35.6 Å². The fourth-order valence-electron chi connectivity index (χ4n) is 5.02. The Bertz CT molecular complexity index is 1420. The van der Waals surface area contributed by atoms with Crippen molar-refractivity contribution < 1.29 is 23.1 Å². The third kappa shape index (κ3) is 5.90. The number of ether oxygens (including phenoxy) is 2. The van der Waals surface area contributed by atoms with Crippen LogP contribution in [0.25, 0.3) is 22.1 Å². The maximum atomic E-state index is 13.9. The highest BCUT2D eigenvalue weighted by molar-refractivity contribution is 5.89. The van der Waals surface area contributed by atoms with Gasteiger partial charge in [-0.15, -0.1) is 0 Å². The highest BCUT2D eigenvalue weighted by Gasteiger charge is 2.24. The largest absolute Gasteiger partial charge is 0.488 e. The Morgan fingerprint density at radius 2 is 1.95 bits per heavy atom. The SMILES string of the molecule is CCOC(=O)Cc1ccccc1OCc1coc2c(CN3CC[C@H](F)C3)cc(-c3cccc(CN)c3)cc12. The van der Waals surface area contributed by atoms with E-state index in [0.717, 1.165) is 50.9 Å². The number of fused-ring (bicyclic) bond motifs is 1. The summed E-state index contributed by atoms with van der Waals surface area (Å²) in [5.41, 5.74) is 12.5. The van der Waals surface area contributed by atoms with Crippen LogP contribution < -0.4 is 10.5 Å². The van der Waals surface area contributed by atoms with E-state index in [1.165, 1.54) is 0 Å². The molecule has 0 spiro atoms. The average molecular weight is 517 g/mol. The van der Waals surface area contributed by atoms with Crippen LogP contribution in [0, 0.1) is 0 Å². The zero-order valence-corrected chi connectivity index (χ0v) is 21.6. The summed E-state index contributed by atoms with van der Waals surface area (Å²) in [7, 11) is 0. The second-order valence-electron chi connectivity index (χ2n) is 9.68. The van der Waals surface area contributed by atoms with Gasteiger partial charge in [0.05, 0.1) is 19.3 Å². The van der Waals surface area contributed by atoms with Gasteiger partial charge in [0.1, 0.15) is 24.1 Å². The molecule has 1 saturated heterocycles. The predicted octanol–water partition coefficient (Wildman–Crippen LogP) is 5.79. The topological polar surface area (TPSA) is 77.9 Å². The number of halogens is 1. The van der Waals surface area contributed by atoms with Crippen LogP contribution in [0.2, 0.25) is 0 Å². The maximum absolute atomic E-state index is 13.9. The molecule has 0 radical (unpaired) electrons. The second kappa shape index (κ2) is 11.8. The molecule has 0 amide bonds. The Morgan fingerprint density at radius 1 is 1.08 bits per heavy atom. The number of nitrogens with two attached hydrogens (primary N) is 1. The number of nitrogens with zero attached hydrogens (tertiary/aromatic N) is 1. The highest BCUT2D eigenvalue weighted by atomic mass is 19.1. The van der Waals surface area contributed by atoms with Crippen LogP contribution in [0.15, 0.2) is 71.3 Å². The molecule has 38 heavy (non-hydrogen) atoms. The summed E-state index contributed by atoms with van der Waals surface area (Å²) in [5.74, 6) is 0.344. The van der Waals surface area contributed by atoms with Gasteiger partial charge in [-0.2, -0.15) is 0 Å². The lowest BCUT2D eigenvalue weighted by molar-refractivity contribution is -0.142. The maximum Gasteiger partial charge on any atom is 0.310 e. The molecule has 4 aromatic rings. The van der Waals surface area contributed by atoms with Crippen molar-refractivity contribution in [1.82, 2.24) is 4.90 Å². The van der Waals surface area contributed by atoms with Crippen LogP contribution in [0.5, 0.6) is 5.75 Å². The number of hydrogen-bond acceptors (Lipinski definition) is 6. The molecule has 1 aromatic heterocycles. The molecule has 1 aliphatic rings. The van der Waals surface area contributed by atoms with Gasteiger partial charge in [0.15, 0.2) is 0 Å². The number of likely N-dealkylation sites (tertiary alicyclic amines) is 1. The summed E-state index contributed by atoms with van der Waals surface area (Å²) in [6, 6.07) is 19.9. The molecule has 5 rings (SSSR count). The normalized spacial score (nSPS) is 15.7. The number of benzene rings is 3. The number of carbonyl (C=O) groups is 1. The highest BCUT2D eigenvalue weighted by Crippen LogP contribution is 2.34. The summed E-state index contributed by atoms with van der Waals surface area (Å²) in [6.45, 7) is 4.63. The molecule has 6 nitrogen and oxygen atoms in total. The lowest BCUT2D eigenvalue weighted by atomic mass is 9.97. The van der Waals surface area contributed by atoms with Gasteiger partial charge in [-0.1, -0.05) is 36.4 Å². The molecular formula is C31H33FN2O4. The first-order chi connectivity index (χ1) is 18.5. The van der Waals surface area contributed by atoms with Crippen molar-refractivity contribution in [3.63, 3.8) is 0 Å². The van der Waals surface area contributed by atoms with Crippen LogP contribution in [0.3, 0.4) is 0 Å². The van der Waals surface area contributed by atoms with Crippen LogP contribution in [-0.4, -0.2) is 36.7 Å². The van der Waals surface area contributed by atoms with E-state index in [2.05, 4.69) is 29.2 Å². The van der Waals surface area contributed by atoms with Gasteiger partial charge in [0.2, 0.25) is 0 Å². The molecule has 1 atom stereocenters. The van der Waals surface area contributed by atoms with E-state index < -0.39 is 6.17 Å². The van der Waals surface area contributed by atoms with Crippen LogP contribution in [0.4, 0.5) is 4.39 Å².